The molecule has 6 heteroatoms. The molecule has 2 aromatic rings. The largest absolute Gasteiger partial charge is 0.488 e. The number of likely N-dealkylation sites (tertiary alicyclic amines) is 1. The summed E-state index contributed by atoms with van der Waals surface area (Å²) < 4.78 is 12.3. The minimum Gasteiger partial charge on any atom is -0.488 e. The second kappa shape index (κ2) is 10.3. The summed E-state index contributed by atoms with van der Waals surface area (Å²) in [7, 11) is 0. The summed E-state index contributed by atoms with van der Waals surface area (Å²) in [6.45, 7) is 9.00. The number of halogens is 1. The summed E-state index contributed by atoms with van der Waals surface area (Å²) in [5, 5.41) is 2.98. The van der Waals surface area contributed by atoms with Gasteiger partial charge in [0.05, 0.1) is 4.47 Å². The Morgan fingerprint density at radius 1 is 1.17 bits per heavy atom. The van der Waals surface area contributed by atoms with Crippen LogP contribution < -0.4 is 10.1 Å². The van der Waals surface area contributed by atoms with E-state index in [0.29, 0.717) is 6.61 Å². The molecule has 0 saturated carbocycles. The van der Waals surface area contributed by atoms with Crippen molar-refractivity contribution in [1.82, 2.24) is 10.2 Å². The van der Waals surface area contributed by atoms with E-state index in [4.69, 9.17) is 9.47 Å². The molecule has 0 aliphatic carbocycles. The summed E-state index contributed by atoms with van der Waals surface area (Å²) in [4.78, 5) is 14.3. The second-order valence-corrected chi connectivity index (χ2v) is 9.58. The number of nitrogens with one attached hydrogen (secondary N) is 1. The first kappa shape index (κ1) is 22.6. The van der Waals surface area contributed by atoms with Crippen molar-refractivity contribution in [3.8, 4) is 5.75 Å². The van der Waals surface area contributed by atoms with Gasteiger partial charge in [-0.15, -0.1) is 0 Å². The average molecular weight is 475 g/mol. The molecule has 0 bridgehead atoms. The lowest BCUT2D eigenvalue weighted by molar-refractivity contribution is 0.0506. The number of nitrogens with zero attached hydrogens (tertiary/aromatic N) is 1. The molecule has 1 aliphatic rings. The lowest BCUT2D eigenvalue weighted by Gasteiger charge is -2.22. The number of rotatable bonds is 7. The number of alkyl carbamates (subject to hydrolysis) is 1. The van der Waals surface area contributed by atoms with E-state index in [9.17, 15) is 4.79 Å². The van der Waals surface area contributed by atoms with Gasteiger partial charge >= 0.3 is 6.09 Å². The van der Waals surface area contributed by atoms with Gasteiger partial charge in [0.25, 0.3) is 0 Å². The van der Waals surface area contributed by atoms with Gasteiger partial charge in [0.15, 0.2) is 0 Å². The first-order chi connectivity index (χ1) is 14.3. The molecule has 0 aromatic heterocycles. The lowest BCUT2D eigenvalue weighted by Crippen LogP contribution is -2.40. The quantitative estimate of drug-likeness (QED) is 0.601. The molecular formula is C24H31BrN2O3. The second-order valence-electron chi connectivity index (χ2n) is 8.72. The Bertz CT molecular complexity index is 836. The fraction of sp³-hybridized carbons (Fsp3) is 0.458. The summed E-state index contributed by atoms with van der Waals surface area (Å²) in [6, 6.07) is 16.6. The molecule has 1 amide bonds. The van der Waals surface area contributed by atoms with Gasteiger partial charge in [-0.05, 0) is 72.8 Å². The third-order valence-corrected chi connectivity index (χ3v) is 5.56. The van der Waals surface area contributed by atoms with Crippen LogP contribution in [0, 0.1) is 0 Å². The standard InChI is InChI=1S/C24H31BrN2O3/c1-24(2,3)30-23(28)26-20-12-14-27(16-20)13-11-18-9-10-22(21(25)15-18)29-17-19-7-5-4-6-8-19/h4-10,15,20H,11-14,16-17H2,1-3H3,(H,26,28). The Morgan fingerprint density at radius 3 is 2.63 bits per heavy atom. The van der Waals surface area contributed by atoms with Crippen LogP contribution in [0.25, 0.3) is 0 Å². The predicted octanol–water partition coefficient (Wildman–Crippen LogP) is 5.17. The molecule has 1 N–H and O–H groups in total. The number of ether oxygens (including phenoxy) is 2. The summed E-state index contributed by atoms with van der Waals surface area (Å²) >= 11 is 3.63. The molecule has 0 radical (unpaired) electrons. The molecule has 1 aliphatic heterocycles. The Kier molecular flexibility index (Phi) is 7.78. The van der Waals surface area contributed by atoms with Gasteiger partial charge in [-0.25, -0.2) is 4.79 Å². The van der Waals surface area contributed by atoms with Gasteiger partial charge < -0.3 is 19.7 Å². The van der Waals surface area contributed by atoms with Crippen LogP contribution in [0.4, 0.5) is 4.79 Å². The SMILES string of the molecule is CC(C)(C)OC(=O)NC1CCN(CCc2ccc(OCc3ccccc3)c(Br)c2)C1. The van der Waals surface area contributed by atoms with Gasteiger partial charge in [-0.2, -0.15) is 0 Å². The van der Waals surface area contributed by atoms with E-state index in [1.54, 1.807) is 0 Å². The highest BCUT2D eigenvalue weighted by molar-refractivity contribution is 9.10. The predicted molar refractivity (Wildman–Crippen MR) is 123 cm³/mol. The van der Waals surface area contributed by atoms with Crippen LogP contribution >= 0.6 is 15.9 Å². The van der Waals surface area contributed by atoms with Crippen molar-refractivity contribution < 1.29 is 14.3 Å². The van der Waals surface area contributed by atoms with E-state index < -0.39 is 5.60 Å². The van der Waals surface area contributed by atoms with E-state index in [2.05, 4.69) is 50.4 Å². The van der Waals surface area contributed by atoms with Gasteiger partial charge in [0, 0.05) is 25.7 Å². The number of hydrogen-bond acceptors (Lipinski definition) is 4. The molecule has 1 heterocycles. The number of carbonyl (C=O) groups excluding carboxylic acids is 1. The first-order valence-corrected chi connectivity index (χ1v) is 11.2. The van der Waals surface area contributed by atoms with Gasteiger partial charge in [0.1, 0.15) is 18.0 Å². The van der Waals surface area contributed by atoms with E-state index in [1.165, 1.54) is 5.56 Å². The number of amides is 1. The molecular weight excluding hydrogens is 444 g/mol. The zero-order chi connectivity index (χ0) is 21.6. The van der Waals surface area contributed by atoms with Gasteiger partial charge in [0.2, 0.25) is 0 Å². The fourth-order valence-electron chi connectivity index (χ4n) is 3.47. The van der Waals surface area contributed by atoms with Crippen LogP contribution in [0.1, 0.15) is 38.3 Å². The molecule has 30 heavy (non-hydrogen) atoms. The zero-order valence-corrected chi connectivity index (χ0v) is 19.6. The third-order valence-electron chi connectivity index (χ3n) is 4.94. The van der Waals surface area contributed by atoms with Crippen LogP contribution in [0.15, 0.2) is 53.0 Å². The minimum absolute atomic E-state index is 0.153. The topological polar surface area (TPSA) is 50.8 Å². The number of benzene rings is 2. The maximum atomic E-state index is 11.9. The monoisotopic (exact) mass is 474 g/mol. The van der Waals surface area contributed by atoms with Gasteiger partial charge in [-0.1, -0.05) is 36.4 Å². The van der Waals surface area contributed by atoms with Crippen LogP contribution in [-0.4, -0.2) is 42.3 Å². The molecule has 3 rings (SSSR count). The molecule has 2 aromatic carbocycles. The Balaban J connectivity index is 1.43. The van der Waals surface area contributed by atoms with Crippen molar-refractivity contribution in [2.24, 2.45) is 0 Å². The van der Waals surface area contributed by atoms with E-state index >= 15 is 0 Å². The highest BCUT2D eigenvalue weighted by atomic mass is 79.9. The number of carbonyl (C=O) groups is 1. The molecule has 1 atom stereocenters. The molecule has 1 fully saturated rings. The Hall–Kier alpha value is -2.05. The van der Waals surface area contributed by atoms with Crippen LogP contribution in [0.5, 0.6) is 5.75 Å². The van der Waals surface area contributed by atoms with Crippen molar-refractivity contribution in [2.75, 3.05) is 19.6 Å². The van der Waals surface area contributed by atoms with Crippen LogP contribution in [0.3, 0.4) is 0 Å². The lowest BCUT2D eigenvalue weighted by atomic mass is 10.1. The first-order valence-electron chi connectivity index (χ1n) is 10.5. The van der Waals surface area contributed by atoms with Crippen LogP contribution in [-0.2, 0) is 17.8 Å². The molecule has 0 spiro atoms. The highest BCUT2D eigenvalue weighted by Crippen LogP contribution is 2.27. The van der Waals surface area contributed by atoms with Crippen molar-refractivity contribution in [3.05, 3.63) is 64.1 Å². The van der Waals surface area contributed by atoms with Crippen molar-refractivity contribution in [2.45, 2.75) is 51.9 Å². The fourth-order valence-corrected chi connectivity index (χ4v) is 4.01. The van der Waals surface area contributed by atoms with E-state index in [0.717, 1.165) is 48.3 Å². The smallest absolute Gasteiger partial charge is 0.407 e. The molecule has 1 unspecified atom stereocenters. The summed E-state index contributed by atoms with van der Waals surface area (Å²) in [5.74, 6) is 0.852. The van der Waals surface area contributed by atoms with Crippen molar-refractivity contribution in [1.29, 1.82) is 0 Å². The molecule has 5 nitrogen and oxygen atoms in total. The van der Waals surface area contributed by atoms with Crippen molar-refractivity contribution >= 4 is 22.0 Å². The van der Waals surface area contributed by atoms with Crippen LogP contribution in [0.2, 0.25) is 0 Å². The highest BCUT2D eigenvalue weighted by Gasteiger charge is 2.25. The normalized spacial score (nSPS) is 17.0. The Labute approximate surface area is 187 Å². The summed E-state index contributed by atoms with van der Waals surface area (Å²) in [6.07, 6.45) is 1.58. The number of hydrogen-bond donors (Lipinski definition) is 1. The summed E-state index contributed by atoms with van der Waals surface area (Å²) in [5.41, 5.74) is 1.95. The minimum atomic E-state index is -0.466. The molecule has 1 saturated heterocycles. The van der Waals surface area contributed by atoms with E-state index in [-0.39, 0.29) is 12.1 Å². The van der Waals surface area contributed by atoms with Crippen molar-refractivity contribution in [3.63, 3.8) is 0 Å². The van der Waals surface area contributed by atoms with E-state index in [1.807, 2.05) is 45.0 Å². The Morgan fingerprint density at radius 2 is 1.93 bits per heavy atom. The average Bonchev–Trinajstić information content (AvgIpc) is 3.12. The third kappa shape index (κ3) is 7.33. The zero-order valence-electron chi connectivity index (χ0n) is 18.0. The molecule has 162 valence electrons. The maximum Gasteiger partial charge on any atom is 0.407 e. The maximum absolute atomic E-state index is 11.9. The van der Waals surface area contributed by atoms with Gasteiger partial charge in [-0.3, -0.25) is 0 Å².